The van der Waals surface area contributed by atoms with Gasteiger partial charge in [-0.3, -0.25) is 9.11 Å². The first kappa shape index (κ1) is 12.6. The molecule has 0 fully saturated rings. The van der Waals surface area contributed by atoms with Gasteiger partial charge >= 0.3 is 10.4 Å². The molecule has 0 aliphatic heterocycles. The Labute approximate surface area is 82.2 Å². The van der Waals surface area contributed by atoms with Crippen molar-refractivity contribution < 1.29 is 22.3 Å². The van der Waals surface area contributed by atoms with Gasteiger partial charge in [0.1, 0.15) is 5.75 Å². The highest BCUT2D eigenvalue weighted by Crippen LogP contribution is 2.07. The molecule has 0 radical (unpaired) electrons. The summed E-state index contributed by atoms with van der Waals surface area (Å²) >= 11 is 0. The number of para-hydroxylation sites is 1. The van der Waals surface area contributed by atoms with Gasteiger partial charge in [-0.2, -0.15) is 8.42 Å². The quantitative estimate of drug-likeness (QED) is 0.581. The highest BCUT2D eigenvalue weighted by Gasteiger charge is 1.84. The largest absolute Gasteiger partial charge is 0.466 e. The molecule has 1 aromatic rings. The van der Waals surface area contributed by atoms with Crippen LogP contribution < -0.4 is 4.74 Å². The summed E-state index contributed by atoms with van der Waals surface area (Å²) in [5.41, 5.74) is 0. The first-order valence-corrected chi connectivity index (χ1v) is 4.85. The Balaban J connectivity index is 0.000000292. The molecule has 0 aliphatic rings. The van der Waals surface area contributed by atoms with E-state index in [1.807, 2.05) is 30.3 Å². The molecular weight excluding hydrogens is 208 g/mol. The van der Waals surface area contributed by atoms with E-state index in [4.69, 9.17) is 22.3 Å². The maximum Gasteiger partial charge on any atom is 0.394 e. The molecule has 0 atom stereocenters. The van der Waals surface area contributed by atoms with Gasteiger partial charge in [0.2, 0.25) is 0 Å². The van der Waals surface area contributed by atoms with Crippen molar-refractivity contribution in [1.29, 1.82) is 0 Å². The van der Waals surface area contributed by atoms with Gasteiger partial charge in [-0.1, -0.05) is 24.8 Å². The Kier molecular flexibility index (Phi) is 5.54. The van der Waals surface area contributed by atoms with Crippen LogP contribution in [0.2, 0.25) is 0 Å². The van der Waals surface area contributed by atoms with Crippen LogP contribution in [0.3, 0.4) is 0 Å². The Morgan fingerprint density at radius 3 is 2.00 bits per heavy atom. The van der Waals surface area contributed by atoms with Crippen molar-refractivity contribution in [3.63, 3.8) is 0 Å². The molecule has 0 saturated heterocycles. The van der Waals surface area contributed by atoms with Crippen molar-refractivity contribution in [2.75, 3.05) is 0 Å². The van der Waals surface area contributed by atoms with E-state index in [0.29, 0.717) is 0 Å². The summed E-state index contributed by atoms with van der Waals surface area (Å²) in [6.45, 7) is 3.43. The molecule has 14 heavy (non-hydrogen) atoms. The number of ether oxygens (including phenoxy) is 1. The van der Waals surface area contributed by atoms with Crippen LogP contribution in [0.25, 0.3) is 0 Å². The Hall–Kier alpha value is -1.37. The molecule has 5 nitrogen and oxygen atoms in total. The minimum Gasteiger partial charge on any atom is -0.466 e. The van der Waals surface area contributed by atoms with E-state index in [-0.39, 0.29) is 0 Å². The lowest BCUT2D eigenvalue weighted by molar-refractivity contribution is 0.381. The average molecular weight is 218 g/mol. The van der Waals surface area contributed by atoms with Crippen LogP contribution >= 0.6 is 0 Å². The molecule has 0 heterocycles. The highest BCUT2D eigenvalue weighted by atomic mass is 32.3. The zero-order valence-electron chi connectivity index (χ0n) is 7.20. The lowest BCUT2D eigenvalue weighted by Crippen LogP contribution is -1.89. The zero-order valence-corrected chi connectivity index (χ0v) is 8.02. The third kappa shape index (κ3) is 10.6. The Morgan fingerprint density at radius 2 is 1.64 bits per heavy atom. The fourth-order valence-corrected chi connectivity index (χ4v) is 0.595. The predicted octanol–water partition coefficient (Wildman–Crippen LogP) is 1.56. The molecule has 0 aliphatic carbocycles. The normalized spacial score (nSPS) is 9.57. The molecule has 0 spiro atoms. The van der Waals surface area contributed by atoms with Gasteiger partial charge in [0.15, 0.2) is 0 Å². The monoisotopic (exact) mass is 218 g/mol. The summed E-state index contributed by atoms with van der Waals surface area (Å²) in [5, 5.41) is 0. The molecule has 1 aromatic carbocycles. The summed E-state index contributed by atoms with van der Waals surface area (Å²) in [7, 11) is -4.67. The second kappa shape index (κ2) is 6.14. The number of hydrogen-bond donors (Lipinski definition) is 2. The molecule has 0 saturated carbocycles. The summed E-state index contributed by atoms with van der Waals surface area (Å²) in [5.74, 6) is 0.826. The second-order valence-electron chi connectivity index (χ2n) is 2.05. The number of hydrogen-bond acceptors (Lipinski definition) is 3. The van der Waals surface area contributed by atoms with E-state index >= 15 is 0 Å². The standard InChI is InChI=1S/C8H8O.H2O4S/c1-2-9-8-6-4-3-5-7-8;1-5(2,3)4/h2-7H,1H2;(H2,1,2,3,4). The SMILES string of the molecule is C=COc1ccccc1.O=S(=O)(O)O. The van der Waals surface area contributed by atoms with Crippen LogP contribution in [0.4, 0.5) is 0 Å². The van der Waals surface area contributed by atoms with E-state index in [2.05, 4.69) is 6.58 Å². The van der Waals surface area contributed by atoms with E-state index < -0.39 is 10.4 Å². The molecular formula is C8H10O5S. The maximum absolute atomic E-state index is 8.74. The lowest BCUT2D eigenvalue weighted by Gasteiger charge is -1.95. The summed E-state index contributed by atoms with van der Waals surface area (Å²) < 4.78 is 36.6. The lowest BCUT2D eigenvalue weighted by atomic mass is 10.3. The molecule has 78 valence electrons. The van der Waals surface area contributed by atoms with Gasteiger partial charge in [0.05, 0.1) is 6.26 Å². The molecule has 0 unspecified atom stereocenters. The summed E-state index contributed by atoms with van der Waals surface area (Å²) in [6.07, 6.45) is 1.41. The zero-order chi connectivity index (χ0) is 11.0. The van der Waals surface area contributed by atoms with Crippen LogP contribution in [0.5, 0.6) is 5.75 Å². The minimum absolute atomic E-state index is 0.826. The van der Waals surface area contributed by atoms with Gasteiger partial charge in [-0.25, -0.2) is 0 Å². The van der Waals surface area contributed by atoms with Crippen LogP contribution in [0, 0.1) is 0 Å². The smallest absolute Gasteiger partial charge is 0.394 e. The minimum atomic E-state index is -4.67. The third-order valence-corrected chi connectivity index (χ3v) is 0.963. The molecule has 6 heteroatoms. The molecule has 2 N–H and O–H groups in total. The fraction of sp³-hybridized carbons (Fsp3) is 0. The maximum atomic E-state index is 8.74. The van der Waals surface area contributed by atoms with Gasteiger partial charge in [-0.15, -0.1) is 0 Å². The van der Waals surface area contributed by atoms with E-state index in [0.717, 1.165) is 5.75 Å². The van der Waals surface area contributed by atoms with Gasteiger partial charge in [-0.05, 0) is 12.1 Å². The van der Waals surface area contributed by atoms with Crippen molar-refractivity contribution in [2.24, 2.45) is 0 Å². The Morgan fingerprint density at radius 1 is 1.21 bits per heavy atom. The summed E-state index contributed by atoms with van der Waals surface area (Å²) in [6, 6.07) is 9.52. The van der Waals surface area contributed by atoms with E-state index in [1.54, 1.807) is 0 Å². The predicted molar refractivity (Wildman–Crippen MR) is 51.4 cm³/mol. The van der Waals surface area contributed by atoms with Crippen molar-refractivity contribution >= 4 is 10.4 Å². The third-order valence-electron chi connectivity index (χ3n) is 0.963. The van der Waals surface area contributed by atoms with Crippen molar-refractivity contribution in [1.82, 2.24) is 0 Å². The van der Waals surface area contributed by atoms with Gasteiger partial charge in [0, 0.05) is 0 Å². The Bertz CT molecular complexity index is 349. The second-order valence-corrected chi connectivity index (χ2v) is 2.94. The topological polar surface area (TPSA) is 83.8 Å². The highest BCUT2D eigenvalue weighted by molar-refractivity contribution is 7.79. The van der Waals surface area contributed by atoms with Crippen LogP contribution in [0.1, 0.15) is 0 Å². The van der Waals surface area contributed by atoms with E-state index in [9.17, 15) is 0 Å². The van der Waals surface area contributed by atoms with Gasteiger partial charge in [0.25, 0.3) is 0 Å². The number of rotatable bonds is 2. The first-order valence-electron chi connectivity index (χ1n) is 3.46. The molecule has 1 rings (SSSR count). The van der Waals surface area contributed by atoms with Crippen molar-refractivity contribution in [3.8, 4) is 5.75 Å². The first-order chi connectivity index (χ1) is 6.43. The van der Waals surface area contributed by atoms with Crippen LogP contribution in [-0.4, -0.2) is 17.5 Å². The van der Waals surface area contributed by atoms with Crippen LogP contribution in [-0.2, 0) is 10.4 Å². The number of benzene rings is 1. The molecule has 0 aromatic heterocycles. The van der Waals surface area contributed by atoms with Crippen molar-refractivity contribution in [3.05, 3.63) is 43.2 Å². The summed E-state index contributed by atoms with van der Waals surface area (Å²) in [4.78, 5) is 0. The van der Waals surface area contributed by atoms with E-state index in [1.165, 1.54) is 6.26 Å². The molecule has 0 amide bonds. The van der Waals surface area contributed by atoms with Crippen LogP contribution in [0.15, 0.2) is 43.2 Å². The average Bonchev–Trinajstić information content (AvgIpc) is 2.03. The van der Waals surface area contributed by atoms with Crippen molar-refractivity contribution in [2.45, 2.75) is 0 Å². The molecule has 0 bridgehead atoms. The van der Waals surface area contributed by atoms with Gasteiger partial charge < -0.3 is 4.74 Å². The fourth-order valence-electron chi connectivity index (χ4n) is 0.595.